The highest BCUT2D eigenvalue weighted by Crippen LogP contribution is 2.33. The second-order valence-electron chi connectivity index (χ2n) is 3.55. The van der Waals surface area contributed by atoms with Crippen molar-refractivity contribution in [3.63, 3.8) is 0 Å². The molecule has 0 fully saturated rings. The summed E-state index contributed by atoms with van der Waals surface area (Å²) in [6, 6.07) is 2.18. The van der Waals surface area contributed by atoms with Gasteiger partial charge >= 0.3 is 0 Å². The standard InChI is InChI=1S/C9H14BrNS/c1-9(2,3-4-11)8-5-7(10)6-12-8/h5-6H,3-4,11H2,1-2H3. The zero-order chi connectivity index (χ0) is 9.19. The molecule has 2 N–H and O–H groups in total. The van der Waals surface area contributed by atoms with Crippen LogP contribution < -0.4 is 5.73 Å². The third-order valence-corrected chi connectivity index (χ3v) is 4.06. The zero-order valence-corrected chi connectivity index (χ0v) is 9.83. The third kappa shape index (κ3) is 2.31. The van der Waals surface area contributed by atoms with Crippen molar-refractivity contribution in [1.82, 2.24) is 0 Å². The normalized spacial score (nSPS) is 12.0. The Labute approximate surface area is 86.1 Å². The van der Waals surface area contributed by atoms with Crippen molar-refractivity contribution in [1.29, 1.82) is 0 Å². The van der Waals surface area contributed by atoms with Crippen LogP contribution in [0.25, 0.3) is 0 Å². The summed E-state index contributed by atoms with van der Waals surface area (Å²) in [5.41, 5.74) is 5.78. The second kappa shape index (κ2) is 3.90. The molecule has 0 bridgehead atoms. The monoisotopic (exact) mass is 247 g/mol. The number of nitrogens with two attached hydrogens (primary N) is 1. The van der Waals surface area contributed by atoms with Gasteiger partial charge in [0.15, 0.2) is 0 Å². The summed E-state index contributed by atoms with van der Waals surface area (Å²) in [6.07, 6.45) is 1.04. The maximum absolute atomic E-state index is 5.55. The van der Waals surface area contributed by atoms with Crippen molar-refractivity contribution < 1.29 is 0 Å². The predicted octanol–water partition coefficient (Wildman–Crippen LogP) is 3.14. The lowest BCUT2D eigenvalue weighted by atomic mass is 9.88. The number of halogens is 1. The fraction of sp³-hybridized carbons (Fsp3) is 0.556. The quantitative estimate of drug-likeness (QED) is 0.873. The lowest BCUT2D eigenvalue weighted by molar-refractivity contribution is 0.497. The van der Waals surface area contributed by atoms with Gasteiger partial charge in [0, 0.05) is 20.1 Å². The molecule has 0 aliphatic rings. The molecular weight excluding hydrogens is 234 g/mol. The molecule has 0 aromatic carbocycles. The van der Waals surface area contributed by atoms with Crippen LogP contribution in [0.5, 0.6) is 0 Å². The Bertz CT molecular complexity index is 255. The Morgan fingerprint density at radius 2 is 2.25 bits per heavy atom. The Kier molecular flexibility index (Phi) is 3.32. The summed E-state index contributed by atoms with van der Waals surface area (Å²) >= 11 is 5.25. The van der Waals surface area contributed by atoms with Crippen molar-refractivity contribution in [2.75, 3.05) is 6.54 Å². The van der Waals surface area contributed by atoms with E-state index in [0.29, 0.717) is 0 Å². The number of rotatable bonds is 3. The van der Waals surface area contributed by atoms with Crippen LogP contribution in [-0.4, -0.2) is 6.54 Å². The van der Waals surface area contributed by atoms with Crippen LogP contribution in [0.2, 0.25) is 0 Å². The summed E-state index contributed by atoms with van der Waals surface area (Å²) < 4.78 is 1.17. The van der Waals surface area contributed by atoms with Gasteiger partial charge in [0.25, 0.3) is 0 Å². The lowest BCUT2D eigenvalue weighted by Crippen LogP contribution is -2.20. The highest BCUT2D eigenvalue weighted by Gasteiger charge is 2.20. The first-order valence-electron chi connectivity index (χ1n) is 4.01. The number of thiophene rings is 1. The summed E-state index contributed by atoms with van der Waals surface area (Å²) in [6.45, 7) is 5.22. The van der Waals surface area contributed by atoms with E-state index in [1.165, 1.54) is 9.35 Å². The SMILES string of the molecule is CC(C)(CCN)c1cc(Br)cs1. The Hall–Kier alpha value is 0.140. The fourth-order valence-corrected chi connectivity index (χ4v) is 2.74. The van der Waals surface area contributed by atoms with E-state index in [1.807, 2.05) is 0 Å². The van der Waals surface area contributed by atoms with E-state index in [9.17, 15) is 0 Å². The summed E-state index contributed by atoms with van der Waals surface area (Å²) in [4.78, 5) is 1.40. The first-order valence-corrected chi connectivity index (χ1v) is 5.68. The first-order chi connectivity index (χ1) is 5.56. The van der Waals surface area contributed by atoms with Gasteiger partial charge in [-0.1, -0.05) is 13.8 Å². The molecule has 0 unspecified atom stereocenters. The minimum Gasteiger partial charge on any atom is -0.330 e. The Morgan fingerprint density at radius 1 is 1.58 bits per heavy atom. The Morgan fingerprint density at radius 3 is 2.67 bits per heavy atom. The number of hydrogen-bond acceptors (Lipinski definition) is 2. The summed E-state index contributed by atoms with van der Waals surface area (Å²) in [7, 11) is 0. The topological polar surface area (TPSA) is 26.0 Å². The lowest BCUT2D eigenvalue weighted by Gasteiger charge is -2.21. The zero-order valence-electron chi connectivity index (χ0n) is 7.43. The smallest absolute Gasteiger partial charge is 0.0285 e. The molecule has 3 heteroatoms. The van der Waals surface area contributed by atoms with Crippen LogP contribution in [0.4, 0.5) is 0 Å². The van der Waals surface area contributed by atoms with Gasteiger partial charge in [-0.25, -0.2) is 0 Å². The average Bonchev–Trinajstić information content (AvgIpc) is 2.36. The van der Waals surface area contributed by atoms with Gasteiger partial charge in [0.2, 0.25) is 0 Å². The molecule has 1 rings (SSSR count). The predicted molar refractivity (Wildman–Crippen MR) is 58.7 cm³/mol. The molecule has 0 atom stereocenters. The fourth-order valence-electron chi connectivity index (χ4n) is 1.15. The molecule has 0 spiro atoms. The van der Waals surface area contributed by atoms with Crippen molar-refractivity contribution in [3.8, 4) is 0 Å². The minimum absolute atomic E-state index is 0.228. The average molecular weight is 248 g/mol. The molecule has 68 valence electrons. The molecule has 0 amide bonds. The van der Waals surface area contributed by atoms with Crippen molar-refractivity contribution in [3.05, 3.63) is 20.8 Å². The van der Waals surface area contributed by atoms with E-state index in [2.05, 4.69) is 41.2 Å². The molecule has 0 saturated carbocycles. The van der Waals surface area contributed by atoms with Crippen LogP contribution in [-0.2, 0) is 5.41 Å². The summed E-state index contributed by atoms with van der Waals surface area (Å²) in [5.74, 6) is 0. The third-order valence-electron chi connectivity index (χ3n) is 2.00. The van der Waals surface area contributed by atoms with Crippen LogP contribution in [0.3, 0.4) is 0 Å². The summed E-state index contributed by atoms with van der Waals surface area (Å²) in [5, 5.41) is 2.12. The largest absolute Gasteiger partial charge is 0.330 e. The van der Waals surface area contributed by atoms with E-state index < -0.39 is 0 Å². The molecule has 1 heterocycles. The molecule has 12 heavy (non-hydrogen) atoms. The molecule has 0 aliphatic carbocycles. The van der Waals surface area contributed by atoms with Crippen LogP contribution >= 0.6 is 27.3 Å². The molecule has 0 aliphatic heterocycles. The van der Waals surface area contributed by atoms with Crippen LogP contribution in [0.1, 0.15) is 25.1 Å². The van der Waals surface area contributed by atoms with Gasteiger partial charge in [0.1, 0.15) is 0 Å². The van der Waals surface area contributed by atoms with Gasteiger partial charge in [-0.2, -0.15) is 0 Å². The molecular formula is C9H14BrNS. The van der Waals surface area contributed by atoms with E-state index in [1.54, 1.807) is 11.3 Å². The second-order valence-corrected chi connectivity index (χ2v) is 5.38. The van der Waals surface area contributed by atoms with E-state index >= 15 is 0 Å². The van der Waals surface area contributed by atoms with Crippen molar-refractivity contribution in [2.45, 2.75) is 25.7 Å². The highest BCUT2D eigenvalue weighted by molar-refractivity contribution is 9.10. The maximum atomic E-state index is 5.55. The molecule has 0 saturated heterocycles. The highest BCUT2D eigenvalue weighted by atomic mass is 79.9. The Balaban J connectivity index is 2.81. The van der Waals surface area contributed by atoms with E-state index in [4.69, 9.17) is 5.73 Å². The van der Waals surface area contributed by atoms with Gasteiger partial charge in [-0.05, 0) is 35.0 Å². The van der Waals surface area contributed by atoms with Crippen molar-refractivity contribution in [2.24, 2.45) is 5.73 Å². The first kappa shape index (κ1) is 10.2. The molecule has 1 nitrogen and oxygen atoms in total. The van der Waals surface area contributed by atoms with Gasteiger partial charge < -0.3 is 5.73 Å². The van der Waals surface area contributed by atoms with Gasteiger partial charge in [-0.15, -0.1) is 11.3 Å². The van der Waals surface area contributed by atoms with E-state index in [-0.39, 0.29) is 5.41 Å². The number of hydrogen-bond donors (Lipinski definition) is 1. The van der Waals surface area contributed by atoms with E-state index in [0.717, 1.165) is 13.0 Å². The molecule has 0 radical (unpaired) electrons. The van der Waals surface area contributed by atoms with Crippen LogP contribution in [0, 0.1) is 0 Å². The van der Waals surface area contributed by atoms with Gasteiger partial charge in [0.05, 0.1) is 0 Å². The molecule has 1 aromatic rings. The minimum atomic E-state index is 0.228. The maximum Gasteiger partial charge on any atom is 0.0285 e. The van der Waals surface area contributed by atoms with Crippen LogP contribution in [0.15, 0.2) is 15.9 Å². The van der Waals surface area contributed by atoms with Gasteiger partial charge in [-0.3, -0.25) is 0 Å². The molecule has 1 aromatic heterocycles. The van der Waals surface area contributed by atoms with Crippen molar-refractivity contribution >= 4 is 27.3 Å².